The van der Waals surface area contributed by atoms with Crippen LogP contribution in [0.1, 0.15) is 31.1 Å². The molecule has 4 nitrogen and oxygen atoms in total. The van der Waals surface area contributed by atoms with Gasteiger partial charge in [0.1, 0.15) is 5.75 Å². The van der Waals surface area contributed by atoms with Gasteiger partial charge in [-0.25, -0.2) is 0 Å². The summed E-state index contributed by atoms with van der Waals surface area (Å²) in [6, 6.07) is 6.93. The van der Waals surface area contributed by atoms with Crippen LogP contribution >= 0.6 is 0 Å². The highest BCUT2D eigenvalue weighted by molar-refractivity contribution is 5.94. The second-order valence-corrected chi connectivity index (χ2v) is 4.25. The van der Waals surface area contributed by atoms with Gasteiger partial charge in [-0.05, 0) is 45.0 Å². The molecule has 0 aliphatic rings. The van der Waals surface area contributed by atoms with E-state index >= 15 is 0 Å². The zero-order valence-electron chi connectivity index (χ0n) is 10.4. The number of ether oxygens (including phenoxy) is 1. The van der Waals surface area contributed by atoms with Crippen LogP contribution in [0.5, 0.6) is 5.75 Å². The minimum Gasteiger partial charge on any atom is -0.491 e. The highest BCUT2D eigenvalue weighted by atomic mass is 16.5. The van der Waals surface area contributed by atoms with Gasteiger partial charge in [-0.3, -0.25) is 4.79 Å². The number of carbonyl (C=O) groups is 1. The first-order valence-electron chi connectivity index (χ1n) is 5.72. The zero-order valence-corrected chi connectivity index (χ0v) is 10.4. The Morgan fingerprint density at radius 3 is 2.35 bits per heavy atom. The van der Waals surface area contributed by atoms with Crippen LogP contribution < -0.4 is 10.1 Å². The molecule has 2 N–H and O–H groups in total. The van der Waals surface area contributed by atoms with Crippen LogP contribution in [-0.2, 0) is 0 Å². The van der Waals surface area contributed by atoms with Crippen LogP contribution in [-0.4, -0.2) is 29.8 Å². The molecule has 0 aliphatic carbocycles. The minimum atomic E-state index is -0.539. The first-order valence-corrected chi connectivity index (χ1v) is 5.72. The van der Waals surface area contributed by atoms with Gasteiger partial charge in [-0.2, -0.15) is 0 Å². The molecule has 1 unspecified atom stereocenters. The number of rotatable bonds is 5. The zero-order chi connectivity index (χ0) is 12.8. The molecule has 1 amide bonds. The molecule has 0 aliphatic heterocycles. The molecule has 94 valence electrons. The van der Waals surface area contributed by atoms with E-state index in [1.54, 1.807) is 31.2 Å². The summed E-state index contributed by atoms with van der Waals surface area (Å²) < 4.78 is 5.48. The van der Waals surface area contributed by atoms with Gasteiger partial charge >= 0.3 is 0 Å². The number of aliphatic hydroxyl groups excluding tert-OH is 1. The standard InChI is InChI=1S/C13H19NO3/c1-9(2)17-12-6-4-11(5-7-12)13(16)14-8-10(3)15/h4-7,9-10,15H,8H2,1-3H3,(H,14,16). The summed E-state index contributed by atoms with van der Waals surface area (Å²) in [6.07, 6.45) is -0.424. The number of benzene rings is 1. The van der Waals surface area contributed by atoms with Gasteiger partial charge in [-0.15, -0.1) is 0 Å². The molecule has 1 atom stereocenters. The average Bonchev–Trinajstić information content (AvgIpc) is 2.26. The van der Waals surface area contributed by atoms with Crippen molar-refractivity contribution >= 4 is 5.91 Å². The van der Waals surface area contributed by atoms with Crippen LogP contribution in [0.3, 0.4) is 0 Å². The lowest BCUT2D eigenvalue weighted by atomic mass is 10.2. The van der Waals surface area contributed by atoms with Crippen molar-refractivity contribution in [1.82, 2.24) is 5.32 Å². The van der Waals surface area contributed by atoms with Gasteiger partial charge in [0.15, 0.2) is 0 Å². The van der Waals surface area contributed by atoms with Gasteiger partial charge in [0, 0.05) is 12.1 Å². The first kappa shape index (κ1) is 13.5. The number of hydrogen-bond donors (Lipinski definition) is 2. The largest absolute Gasteiger partial charge is 0.491 e. The number of nitrogens with one attached hydrogen (secondary N) is 1. The lowest BCUT2D eigenvalue weighted by Crippen LogP contribution is -2.30. The Morgan fingerprint density at radius 1 is 1.29 bits per heavy atom. The second-order valence-electron chi connectivity index (χ2n) is 4.25. The number of amides is 1. The van der Waals surface area contributed by atoms with Crippen molar-refractivity contribution in [3.8, 4) is 5.75 Å². The molecule has 0 radical (unpaired) electrons. The van der Waals surface area contributed by atoms with Crippen molar-refractivity contribution in [1.29, 1.82) is 0 Å². The van der Waals surface area contributed by atoms with Crippen LogP contribution in [0.4, 0.5) is 0 Å². The van der Waals surface area contributed by atoms with E-state index in [0.717, 1.165) is 5.75 Å². The van der Waals surface area contributed by atoms with Crippen molar-refractivity contribution in [3.05, 3.63) is 29.8 Å². The Labute approximate surface area is 102 Å². The monoisotopic (exact) mass is 237 g/mol. The fourth-order valence-corrected chi connectivity index (χ4v) is 1.30. The SMILES string of the molecule is CC(O)CNC(=O)c1ccc(OC(C)C)cc1. The van der Waals surface area contributed by atoms with E-state index in [9.17, 15) is 4.79 Å². The molecule has 0 heterocycles. The Morgan fingerprint density at radius 2 is 1.88 bits per heavy atom. The predicted octanol–water partition coefficient (Wildman–Crippen LogP) is 1.58. The summed E-state index contributed by atoms with van der Waals surface area (Å²) >= 11 is 0. The Kier molecular flexibility index (Phi) is 4.97. The lowest BCUT2D eigenvalue weighted by molar-refractivity contribution is 0.0924. The summed E-state index contributed by atoms with van der Waals surface area (Å²) in [7, 11) is 0. The Balaban J connectivity index is 2.57. The highest BCUT2D eigenvalue weighted by Gasteiger charge is 2.06. The molecule has 0 aromatic heterocycles. The Hall–Kier alpha value is -1.55. The number of hydrogen-bond acceptors (Lipinski definition) is 3. The second kappa shape index (κ2) is 6.25. The maximum Gasteiger partial charge on any atom is 0.251 e. The topological polar surface area (TPSA) is 58.6 Å². The van der Waals surface area contributed by atoms with Crippen molar-refractivity contribution in [2.45, 2.75) is 33.0 Å². The van der Waals surface area contributed by atoms with Crippen molar-refractivity contribution in [2.24, 2.45) is 0 Å². The van der Waals surface area contributed by atoms with Crippen molar-refractivity contribution in [2.75, 3.05) is 6.54 Å². The molecule has 0 fully saturated rings. The van der Waals surface area contributed by atoms with E-state index < -0.39 is 6.10 Å². The van der Waals surface area contributed by atoms with Gasteiger partial charge < -0.3 is 15.2 Å². The maximum absolute atomic E-state index is 11.6. The van der Waals surface area contributed by atoms with E-state index in [-0.39, 0.29) is 18.6 Å². The smallest absolute Gasteiger partial charge is 0.251 e. The molecule has 0 saturated carbocycles. The molecule has 0 spiro atoms. The van der Waals surface area contributed by atoms with Gasteiger partial charge in [0.25, 0.3) is 5.91 Å². The van der Waals surface area contributed by atoms with Crippen molar-refractivity contribution < 1.29 is 14.6 Å². The minimum absolute atomic E-state index is 0.116. The number of aliphatic hydroxyl groups is 1. The van der Waals surface area contributed by atoms with E-state index in [0.29, 0.717) is 5.56 Å². The predicted molar refractivity (Wildman–Crippen MR) is 66.2 cm³/mol. The van der Waals surface area contributed by atoms with Crippen LogP contribution in [0.15, 0.2) is 24.3 Å². The normalized spacial score (nSPS) is 12.3. The fourth-order valence-electron chi connectivity index (χ4n) is 1.30. The van der Waals surface area contributed by atoms with E-state index in [1.165, 1.54) is 0 Å². The van der Waals surface area contributed by atoms with Crippen LogP contribution in [0.2, 0.25) is 0 Å². The quantitative estimate of drug-likeness (QED) is 0.817. The molecule has 1 rings (SSSR count). The first-order chi connectivity index (χ1) is 7.99. The van der Waals surface area contributed by atoms with Gasteiger partial charge in [-0.1, -0.05) is 0 Å². The number of carbonyl (C=O) groups excluding carboxylic acids is 1. The molecular weight excluding hydrogens is 218 g/mol. The van der Waals surface area contributed by atoms with E-state index in [1.807, 2.05) is 13.8 Å². The molecule has 0 saturated heterocycles. The third-order valence-electron chi connectivity index (χ3n) is 2.05. The molecule has 17 heavy (non-hydrogen) atoms. The fraction of sp³-hybridized carbons (Fsp3) is 0.462. The summed E-state index contributed by atoms with van der Waals surface area (Å²) in [5, 5.41) is 11.7. The molecule has 4 heteroatoms. The summed E-state index contributed by atoms with van der Waals surface area (Å²) in [5.74, 6) is 0.550. The van der Waals surface area contributed by atoms with Crippen molar-refractivity contribution in [3.63, 3.8) is 0 Å². The van der Waals surface area contributed by atoms with Gasteiger partial charge in [0.05, 0.1) is 12.2 Å². The highest BCUT2D eigenvalue weighted by Crippen LogP contribution is 2.13. The van der Waals surface area contributed by atoms with Crippen LogP contribution in [0, 0.1) is 0 Å². The van der Waals surface area contributed by atoms with E-state index in [2.05, 4.69) is 5.32 Å². The third-order valence-corrected chi connectivity index (χ3v) is 2.05. The van der Waals surface area contributed by atoms with E-state index in [4.69, 9.17) is 9.84 Å². The summed E-state index contributed by atoms with van der Waals surface area (Å²) in [5.41, 5.74) is 0.557. The van der Waals surface area contributed by atoms with Crippen LogP contribution in [0.25, 0.3) is 0 Å². The molecule has 0 bridgehead atoms. The summed E-state index contributed by atoms with van der Waals surface area (Å²) in [4.78, 5) is 11.6. The molecule has 1 aromatic rings. The summed E-state index contributed by atoms with van der Waals surface area (Å²) in [6.45, 7) is 5.77. The lowest BCUT2D eigenvalue weighted by Gasteiger charge is -2.10. The maximum atomic E-state index is 11.6. The molecule has 1 aromatic carbocycles. The Bertz CT molecular complexity index is 357. The third kappa shape index (κ3) is 4.87. The van der Waals surface area contributed by atoms with Gasteiger partial charge in [0.2, 0.25) is 0 Å². The molecular formula is C13H19NO3. The average molecular weight is 237 g/mol.